The van der Waals surface area contributed by atoms with Crippen LogP contribution in [-0.2, 0) is 0 Å². The van der Waals surface area contributed by atoms with Crippen LogP contribution in [0.15, 0.2) is 24.4 Å². The van der Waals surface area contributed by atoms with Crippen molar-refractivity contribution in [2.24, 2.45) is 0 Å². The fourth-order valence-corrected chi connectivity index (χ4v) is 1.14. The summed E-state index contributed by atoms with van der Waals surface area (Å²) in [4.78, 5) is 1.33. The molecule has 2 aromatic rings. The summed E-state index contributed by atoms with van der Waals surface area (Å²) < 4.78 is 5.05. The smallest absolute Gasteiger partial charge is 0.121 e. The second-order valence-electron chi connectivity index (χ2n) is 2.51. The van der Waals surface area contributed by atoms with E-state index < -0.39 is 0 Å². The lowest BCUT2D eigenvalue weighted by Gasteiger charge is -1.99. The van der Waals surface area contributed by atoms with Crippen LogP contribution in [0.25, 0.3) is 10.9 Å². The van der Waals surface area contributed by atoms with Crippen LogP contribution in [0, 0.1) is 0 Å². The Morgan fingerprint density at radius 2 is 2.33 bits per heavy atom. The molecule has 1 aromatic heterocycles. The molecule has 2 rings (SSSR count). The number of hydrogen-bond donors (Lipinski definition) is 1. The molecule has 0 unspecified atom stereocenters. The van der Waals surface area contributed by atoms with Crippen molar-refractivity contribution in [3.05, 3.63) is 24.4 Å². The van der Waals surface area contributed by atoms with Crippen molar-refractivity contribution in [2.45, 2.75) is 0 Å². The van der Waals surface area contributed by atoms with Crippen LogP contribution < -0.4 is 10.6 Å². The maximum atomic E-state index is 5.55. The molecule has 4 heteroatoms. The van der Waals surface area contributed by atoms with E-state index in [9.17, 15) is 0 Å². The Morgan fingerprint density at radius 1 is 1.50 bits per heavy atom. The Hall–Kier alpha value is -1.71. The first-order chi connectivity index (χ1) is 5.81. The molecule has 4 nitrogen and oxygen atoms in total. The molecule has 0 aliphatic carbocycles. The van der Waals surface area contributed by atoms with Crippen LogP contribution in [0.4, 0.5) is 0 Å². The Morgan fingerprint density at radius 3 is 3.08 bits per heavy atom. The summed E-state index contributed by atoms with van der Waals surface area (Å²) in [7, 11) is 1.62. The van der Waals surface area contributed by atoms with Crippen molar-refractivity contribution in [3.8, 4) is 5.75 Å². The van der Waals surface area contributed by atoms with E-state index in [0.29, 0.717) is 0 Å². The molecule has 0 saturated carbocycles. The van der Waals surface area contributed by atoms with Gasteiger partial charge in [-0.05, 0) is 12.1 Å². The molecule has 2 N–H and O–H groups in total. The maximum absolute atomic E-state index is 5.55. The standard InChI is InChI=1S/C8H9N3O/c1-12-7-3-2-6-5-10-11(9)8(6)4-7/h2-5H,9H2,1H3. The highest BCUT2D eigenvalue weighted by Gasteiger charge is 2.00. The number of nitrogens with zero attached hydrogens (tertiary/aromatic N) is 2. The van der Waals surface area contributed by atoms with Gasteiger partial charge in [-0.15, -0.1) is 0 Å². The van der Waals surface area contributed by atoms with Crippen molar-refractivity contribution >= 4 is 10.9 Å². The van der Waals surface area contributed by atoms with Gasteiger partial charge >= 0.3 is 0 Å². The Bertz CT molecular complexity index is 408. The van der Waals surface area contributed by atoms with Gasteiger partial charge in [-0.2, -0.15) is 9.89 Å². The zero-order chi connectivity index (χ0) is 8.55. The third kappa shape index (κ3) is 0.887. The van der Waals surface area contributed by atoms with E-state index in [1.807, 2.05) is 18.2 Å². The summed E-state index contributed by atoms with van der Waals surface area (Å²) in [5.41, 5.74) is 0.870. The first kappa shape index (κ1) is 6.97. The van der Waals surface area contributed by atoms with E-state index >= 15 is 0 Å². The van der Waals surface area contributed by atoms with Crippen molar-refractivity contribution in [3.63, 3.8) is 0 Å². The molecule has 0 saturated heterocycles. The highest BCUT2D eigenvalue weighted by molar-refractivity contribution is 5.80. The lowest BCUT2D eigenvalue weighted by atomic mass is 10.2. The largest absolute Gasteiger partial charge is 0.497 e. The predicted molar refractivity (Wildman–Crippen MR) is 46.4 cm³/mol. The third-order valence-electron chi connectivity index (χ3n) is 1.81. The van der Waals surface area contributed by atoms with Gasteiger partial charge < -0.3 is 10.6 Å². The highest BCUT2D eigenvalue weighted by Crippen LogP contribution is 2.18. The number of fused-ring (bicyclic) bond motifs is 1. The van der Waals surface area contributed by atoms with Crippen LogP contribution in [0.3, 0.4) is 0 Å². The number of methoxy groups -OCH3 is 1. The molecule has 62 valence electrons. The summed E-state index contributed by atoms with van der Waals surface area (Å²) in [6, 6.07) is 5.65. The molecule has 12 heavy (non-hydrogen) atoms. The molecule has 0 radical (unpaired) electrons. The average Bonchev–Trinajstić information content (AvgIpc) is 2.47. The minimum atomic E-state index is 0.787. The fraction of sp³-hybridized carbons (Fsp3) is 0.125. The number of nitrogen functional groups attached to an aromatic ring is 1. The molecule has 1 aromatic carbocycles. The van der Waals surface area contributed by atoms with Gasteiger partial charge in [0.1, 0.15) is 5.75 Å². The lowest BCUT2D eigenvalue weighted by Crippen LogP contribution is -2.08. The first-order valence-electron chi connectivity index (χ1n) is 3.58. The van der Waals surface area contributed by atoms with Gasteiger partial charge in [0, 0.05) is 11.5 Å². The second-order valence-corrected chi connectivity index (χ2v) is 2.51. The first-order valence-corrected chi connectivity index (χ1v) is 3.58. The topological polar surface area (TPSA) is 53.1 Å². The van der Waals surface area contributed by atoms with Gasteiger partial charge in [0.15, 0.2) is 0 Å². The Labute approximate surface area is 69.5 Å². The number of hydrogen-bond acceptors (Lipinski definition) is 3. The van der Waals surface area contributed by atoms with E-state index in [0.717, 1.165) is 16.7 Å². The summed E-state index contributed by atoms with van der Waals surface area (Å²) >= 11 is 0. The fourth-order valence-electron chi connectivity index (χ4n) is 1.14. The summed E-state index contributed by atoms with van der Waals surface area (Å²) in [5, 5.41) is 4.92. The van der Waals surface area contributed by atoms with Crippen LogP contribution in [-0.4, -0.2) is 17.0 Å². The van der Waals surface area contributed by atoms with Gasteiger partial charge in [0.05, 0.1) is 18.8 Å². The zero-order valence-electron chi connectivity index (χ0n) is 6.69. The van der Waals surface area contributed by atoms with Crippen LogP contribution >= 0.6 is 0 Å². The van der Waals surface area contributed by atoms with E-state index in [4.69, 9.17) is 10.6 Å². The van der Waals surface area contributed by atoms with Crippen LogP contribution in [0.1, 0.15) is 0 Å². The van der Waals surface area contributed by atoms with Gasteiger partial charge in [0.25, 0.3) is 0 Å². The van der Waals surface area contributed by atoms with Crippen LogP contribution in [0.5, 0.6) is 5.75 Å². The van der Waals surface area contributed by atoms with Crippen molar-refractivity contribution in [2.75, 3.05) is 13.0 Å². The van der Waals surface area contributed by atoms with Gasteiger partial charge in [-0.1, -0.05) is 0 Å². The van der Waals surface area contributed by atoms with E-state index in [1.165, 1.54) is 4.79 Å². The molecular weight excluding hydrogens is 154 g/mol. The predicted octanol–water partition coefficient (Wildman–Crippen LogP) is 0.759. The summed E-state index contributed by atoms with van der Waals surface area (Å²) in [6.07, 6.45) is 1.72. The van der Waals surface area contributed by atoms with Gasteiger partial charge in [0.2, 0.25) is 0 Å². The van der Waals surface area contributed by atoms with Gasteiger partial charge in [-0.3, -0.25) is 0 Å². The monoisotopic (exact) mass is 163 g/mol. The second kappa shape index (κ2) is 2.41. The van der Waals surface area contributed by atoms with Gasteiger partial charge in [-0.25, -0.2) is 0 Å². The SMILES string of the molecule is COc1ccc2cnn(N)c2c1. The molecule has 0 spiro atoms. The maximum Gasteiger partial charge on any atom is 0.121 e. The van der Waals surface area contributed by atoms with Crippen molar-refractivity contribution in [1.82, 2.24) is 9.89 Å². The lowest BCUT2D eigenvalue weighted by molar-refractivity contribution is 0.415. The molecule has 0 aliphatic heterocycles. The molecule has 0 aliphatic rings. The average molecular weight is 163 g/mol. The molecular formula is C8H9N3O. The molecule has 0 amide bonds. The summed E-state index contributed by atoms with van der Waals surface area (Å²) in [5.74, 6) is 6.34. The number of nitrogens with two attached hydrogens (primary N) is 1. The van der Waals surface area contributed by atoms with E-state index in [-0.39, 0.29) is 0 Å². The minimum Gasteiger partial charge on any atom is -0.497 e. The van der Waals surface area contributed by atoms with E-state index in [1.54, 1.807) is 13.3 Å². The highest BCUT2D eigenvalue weighted by atomic mass is 16.5. The molecule has 0 atom stereocenters. The Balaban J connectivity index is 2.71. The normalized spacial score (nSPS) is 10.4. The van der Waals surface area contributed by atoms with Crippen LogP contribution in [0.2, 0.25) is 0 Å². The zero-order valence-corrected chi connectivity index (χ0v) is 6.69. The Kier molecular flexibility index (Phi) is 1.40. The quantitative estimate of drug-likeness (QED) is 0.631. The van der Waals surface area contributed by atoms with E-state index in [2.05, 4.69) is 5.10 Å². The molecule has 1 heterocycles. The number of ether oxygens (including phenoxy) is 1. The molecule has 0 fully saturated rings. The van der Waals surface area contributed by atoms with Crippen molar-refractivity contribution < 1.29 is 4.74 Å². The number of benzene rings is 1. The third-order valence-corrected chi connectivity index (χ3v) is 1.81. The number of rotatable bonds is 1. The molecule has 0 bridgehead atoms. The number of aromatic nitrogens is 2. The minimum absolute atomic E-state index is 0.787. The summed E-state index contributed by atoms with van der Waals surface area (Å²) in [6.45, 7) is 0. The van der Waals surface area contributed by atoms with Crippen molar-refractivity contribution in [1.29, 1.82) is 0 Å².